The first-order valence-corrected chi connectivity index (χ1v) is 10.6. The van der Waals surface area contributed by atoms with E-state index in [0.717, 1.165) is 22.5 Å². The average Bonchev–Trinajstić information content (AvgIpc) is 3.45. The van der Waals surface area contributed by atoms with Crippen LogP contribution in [0.1, 0.15) is 15.2 Å². The number of thiophene rings is 1. The number of anilines is 1. The van der Waals surface area contributed by atoms with Gasteiger partial charge in [0.15, 0.2) is 5.65 Å². The summed E-state index contributed by atoms with van der Waals surface area (Å²) >= 11 is 1.42. The molecule has 0 aliphatic rings. The number of aromatic nitrogens is 2. The van der Waals surface area contributed by atoms with E-state index in [4.69, 9.17) is 4.98 Å². The molecule has 0 spiro atoms. The number of amides is 1. The number of hydrogen-bond donors (Lipinski definition) is 1. The van der Waals surface area contributed by atoms with Gasteiger partial charge in [-0.1, -0.05) is 60.7 Å². The molecule has 0 saturated heterocycles. The summed E-state index contributed by atoms with van der Waals surface area (Å²) in [6, 6.07) is 24.3. The van der Waals surface area contributed by atoms with Gasteiger partial charge in [-0.2, -0.15) is 0 Å². The second kappa shape index (κ2) is 7.61. The molecule has 0 aliphatic carbocycles. The summed E-state index contributed by atoms with van der Waals surface area (Å²) < 4.78 is 1.97. The van der Waals surface area contributed by atoms with Crippen LogP contribution in [0.3, 0.4) is 0 Å². The van der Waals surface area contributed by atoms with Crippen LogP contribution in [0, 0.1) is 6.92 Å². The number of imidazole rings is 1. The second-order valence-electron chi connectivity index (χ2n) is 7.16. The van der Waals surface area contributed by atoms with Crippen molar-refractivity contribution >= 4 is 28.6 Å². The van der Waals surface area contributed by atoms with Crippen molar-refractivity contribution < 1.29 is 4.79 Å². The molecule has 0 unspecified atom stereocenters. The topological polar surface area (TPSA) is 46.4 Å². The highest BCUT2D eigenvalue weighted by Crippen LogP contribution is 2.27. The Morgan fingerprint density at radius 2 is 1.63 bits per heavy atom. The Balaban J connectivity index is 1.49. The Hall–Kier alpha value is -3.70. The maximum atomic E-state index is 12.5. The van der Waals surface area contributed by atoms with Crippen LogP contribution in [-0.4, -0.2) is 15.3 Å². The van der Waals surface area contributed by atoms with Crippen LogP contribution in [0.2, 0.25) is 0 Å². The number of nitrogens with one attached hydrogen (secondary N) is 1. The van der Waals surface area contributed by atoms with Crippen LogP contribution in [0.5, 0.6) is 0 Å². The number of aryl methyl sites for hydroxylation is 1. The lowest BCUT2D eigenvalue weighted by Gasteiger charge is -2.07. The number of hydrogen-bond acceptors (Lipinski definition) is 3. The van der Waals surface area contributed by atoms with Gasteiger partial charge in [-0.05, 0) is 41.1 Å². The first-order valence-electron chi connectivity index (χ1n) is 9.67. The molecular weight excluding hydrogens is 390 g/mol. The summed E-state index contributed by atoms with van der Waals surface area (Å²) in [6.45, 7) is 2.01. The second-order valence-corrected chi connectivity index (χ2v) is 8.11. The maximum absolute atomic E-state index is 12.5. The van der Waals surface area contributed by atoms with Crippen molar-refractivity contribution in [1.29, 1.82) is 0 Å². The minimum absolute atomic E-state index is 0.116. The summed E-state index contributed by atoms with van der Waals surface area (Å²) in [6.07, 6.45) is 4.02. The van der Waals surface area contributed by atoms with Gasteiger partial charge in [0.05, 0.1) is 16.3 Å². The Kier molecular flexibility index (Phi) is 4.65. The van der Waals surface area contributed by atoms with Crippen molar-refractivity contribution in [2.24, 2.45) is 0 Å². The van der Waals surface area contributed by atoms with E-state index in [-0.39, 0.29) is 5.91 Å². The molecule has 4 nitrogen and oxygen atoms in total. The number of nitrogens with zero attached hydrogens (tertiary/aromatic N) is 2. The predicted octanol–water partition coefficient (Wildman–Crippen LogP) is 6.29. The van der Waals surface area contributed by atoms with Gasteiger partial charge in [-0.15, -0.1) is 11.3 Å². The summed E-state index contributed by atoms with van der Waals surface area (Å²) in [5, 5.41) is 4.91. The molecule has 1 amide bonds. The van der Waals surface area contributed by atoms with Gasteiger partial charge in [0, 0.05) is 18.0 Å². The molecule has 146 valence electrons. The Labute approximate surface area is 178 Å². The van der Waals surface area contributed by atoms with E-state index in [1.165, 1.54) is 22.5 Å². The third-order valence-corrected chi connectivity index (χ3v) is 5.84. The molecule has 3 aromatic heterocycles. The van der Waals surface area contributed by atoms with Crippen LogP contribution in [0.4, 0.5) is 5.69 Å². The monoisotopic (exact) mass is 409 g/mol. The van der Waals surface area contributed by atoms with Crippen LogP contribution in [0.25, 0.3) is 28.0 Å². The van der Waals surface area contributed by atoms with E-state index in [1.807, 2.05) is 65.5 Å². The van der Waals surface area contributed by atoms with E-state index in [9.17, 15) is 4.79 Å². The molecule has 0 radical (unpaired) electrons. The van der Waals surface area contributed by atoms with Crippen LogP contribution >= 0.6 is 11.3 Å². The third-order valence-electron chi connectivity index (χ3n) is 4.97. The highest BCUT2D eigenvalue weighted by Gasteiger charge is 2.13. The number of rotatable bonds is 4. The molecule has 0 fully saturated rings. The molecule has 3 heterocycles. The largest absolute Gasteiger partial charge is 0.318 e. The lowest BCUT2D eigenvalue weighted by Crippen LogP contribution is -2.11. The molecule has 5 aromatic rings. The van der Waals surface area contributed by atoms with Gasteiger partial charge >= 0.3 is 0 Å². The summed E-state index contributed by atoms with van der Waals surface area (Å²) in [4.78, 5) is 18.0. The molecule has 0 atom stereocenters. The Morgan fingerprint density at radius 1 is 0.900 bits per heavy atom. The van der Waals surface area contributed by atoms with Crippen LogP contribution in [0.15, 0.2) is 90.6 Å². The summed E-state index contributed by atoms with van der Waals surface area (Å²) in [7, 11) is 0. The van der Waals surface area contributed by atoms with Crippen molar-refractivity contribution in [1.82, 2.24) is 9.38 Å². The minimum atomic E-state index is -0.116. The molecule has 5 rings (SSSR count). The van der Waals surface area contributed by atoms with Crippen molar-refractivity contribution in [2.75, 3.05) is 5.32 Å². The molecular formula is C25H19N3OS. The predicted molar refractivity (Wildman–Crippen MR) is 123 cm³/mol. The standard InChI is InChI=1S/C25H19N3OS/c1-17-14-21(27-25(29)23-8-5-13-30-23)24-26-22(16-28(24)15-17)20-11-9-19(10-12-20)18-6-3-2-4-7-18/h2-16H,1H3,(H,27,29). The van der Waals surface area contributed by atoms with Crippen LogP contribution in [-0.2, 0) is 0 Å². The van der Waals surface area contributed by atoms with Crippen molar-refractivity contribution in [3.63, 3.8) is 0 Å². The summed E-state index contributed by atoms with van der Waals surface area (Å²) in [5.74, 6) is -0.116. The molecule has 30 heavy (non-hydrogen) atoms. The van der Waals surface area contributed by atoms with E-state index in [0.29, 0.717) is 10.6 Å². The number of pyridine rings is 1. The van der Waals surface area contributed by atoms with Gasteiger partial charge in [-0.25, -0.2) is 4.98 Å². The Bertz CT molecular complexity index is 1320. The normalized spacial score (nSPS) is 11.0. The average molecular weight is 410 g/mol. The first-order chi connectivity index (χ1) is 14.7. The van der Waals surface area contributed by atoms with Crippen molar-refractivity contribution in [3.05, 3.63) is 101 Å². The zero-order valence-corrected chi connectivity index (χ0v) is 17.2. The van der Waals surface area contributed by atoms with Gasteiger partial charge in [0.1, 0.15) is 0 Å². The number of carbonyl (C=O) groups excluding carboxylic acids is 1. The first kappa shape index (κ1) is 18.3. The maximum Gasteiger partial charge on any atom is 0.265 e. The Morgan fingerprint density at radius 3 is 2.37 bits per heavy atom. The third kappa shape index (κ3) is 3.51. The summed E-state index contributed by atoms with van der Waals surface area (Å²) in [5.41, 5.74) is 6.75. The molecule has 2 aromatic carbocycles. The van der Waals surface area contributed by atoms with Gasteiger partial charge in [0.25, 0.3) is 5.91 Å². The zero-order chi connectivity index (χ0) is 20.5. The van der Waals surface area contributed by atoms with E-state index < -0.39 is 0 Å². The zero-order valence-electron chi connectivity index (χ0n) is 16.4. The molecule has 5 heteroatoms. The molecule has 1 N–H and O–H groups in total. The van der Waals surface area contributed by atoms with Crippen molar-refractivity contribution in [3.8, 4) is 22.4 Å². The van der Waals surface area contributed by atoms with Gasteiger partial charge in [0.2, 0.25) is 0 Å². The molecule has 0 saturated carbocycles. The van der Waals surface area contributed by atoms with Gasteiger partial charge < -0.3 is 9.72 Å². The minimum Gasteiger partial charge on any atom is -0.318 e. The lowest BCUT2D eigenvalue weighted by atomic mass is 10.0. The van der Waals surface area contributed by atoms with E-state index >= 15 is 0 Å². The molecule has 0 bridgehead atoms. The SMILES string of the molecule is Cc1cc(NC(=O)c2cccs2)c2nc(-c3ccc(-c4ccccc4)cc3)cn2c1. The smallest absolute Gasteiger partial charge is 0.265 e. The highest BCUT2D eigenvalue weighted by atomic mass is 32.1. The lowest BCUT2D eigenvalue weighted by molar-refractivity contribution is 0.103. The number of carbonyl (C=O) groups is 1. The molecule has 0 aliphatic heterocycles. The fourth-order valence-electron chi connectivity index (χ4n) is 3.53. The van der Waals surface area contributed by atoms with E-state index in [1.54, 1.807) is 0 Å². The quantitative estimate of drug-likeness (QED) is 0.379. The number of fused-ring (bicyclic) bond motifs is 1. The van der Waals surface area contributed by atoms with Crippen molar-refractivity contribution in [2.45, 2.75) is 6.92 Å². The number of benzene rings is 2. The van der Waals surface area contributed by atoms with Crippen LogP contribution < -0.4 is 5.32 Å². The highest BCUT2D eigenvalue weighted by molar-refractivity contribution is 7.12. The fourth-order valence-corrected chi connectivity index (χ4v) is 4.15. The fraction of sp³-hybridized carbons (Fsp3) is 0.0400. The van der Waals surface area contributed by atoms with Gasteiger partial charge in [-0.3, -0.25) is 4.79 Å². The van der Waals surface area contributed by atoms with E-state index in [2.05, 4.69) is 41.7 Å².